The Balaban J connectivity index is 1.91. The fraction of sp³-hybridized carbons (Fsp3) is 1.00. The first kappa shape index (κ1) is 13.4. The van der Waals surface area contributed by atoms with Crippen LogP contribution < -0.4 is 5.32 Å². The van der Waals surface area contributed by atoms with Gasteiger partial charge in [-0.3, -0.25) is 4.90 Å². The number of hydrogen-bond donors (Lipinski definition) is 1. The first-order chi connectivity index (χ1) is 8.13. The number of likely N-dealkylation sites (N-methyl/N-ethyl adjacent to an activating group) is 1. The number of piperidine rings is 1. The normalized spacial score (nSPS) is 33.2. The van der Waals surface area contributed by atoms with Crippen LogP contribution in [0.15, 0.2) is 0 Å². The van der Waals surface area contributed by atoms with Gasteiger partial charge in [-0.25, -0.2) is 0 Å². The van der Waals surface area contributed by atoms with Gasteiger partial charge in [0.05, 0.1) is 0 Å². The monoisotopic (exact) mass is 238 g/mol. The standard InChI is InChI=1S/C15H30N2/c1-4-17(12-13-8-5-6-11-16-13)14-9-7-10-15(14,2)3/h13-14,16H,4-12H2,1-3H3. The van der Waals surface area contributed by atoms with Crippen LogP contribution in [-0.4, -0.2) is 36.6 Å². The summed E-state index contributed by atoms with van der Waals surface area (Å²) in [6.07, 6.45) is 8.41. The second-order valence-electron chi connectivity index (χ2n) is 6.63. The zero-order valence-electron chi connectivity index (χ0n) is 12.0. The third-order valence-corrected chi connectivity index (χ3v) is 4.91. The lowest BCUT2D eigenvalue weighted by Crippen LogP contribution is -2.49. The molecular formula is C15H30N2. The lowest BCUT2D eigenvalue weighted by molar-refractivity contribution is 0.102. The van der Waals surface area contributed by atoms with Crippen molar-refractivity contribution in [2.75, 3.05) is 19.6 Å². The van der Waals surface area contributed by atoms with Crippen LogP contribution in [0.25, 0.3) is 0 Å². The topological polar surface area (TPSA) is 15.3 Å². The van der Waals surface area contributed by atoms with Gasteiger partial charge in [0, 0.05) is 18.6 Å². The quantitative estimate of drug-likeness (QED) is 0.810. The Morgan fingerprint density at radius 3 is 2.53 bits per heavy atom. The van der Waals surface area contributed by atoms with Gasteiger partial charge in [-0.2, -0.15) is 0 Å². The minimum atomic E-state index is 0.532. The third kappa shape index (κ3) is 3.23. The molecular weight excluding hydrogens is 208 g/mol. The van der Waals surface area contributed by atoms with E-state index < -0.39 is 0 Å². The summed E-state index contributed by atoms with van der Waals surface area (Å²) >= 11 is 0. The summed E-state index contributed by atoms with van der Waals surface area (Å²) in [5.41, 5.74) is 0.532. The molecule has 0 aromatic rings. The molecule has 2 atom stereocenters. The van der Waals surface area contributed by atoms with Gasteiger partial charge in [0.15, 0.2) is 0 Å². The molecule has 2 heteroatoms. The lowest BCUT2D eigenvalue weighted by atomic mass is 9.86. The molecule has 0 aromatic carbocycles. The molecule has 0 amide bonds. The molecule has 2 rings (SSSR count). The van der Waals surface area contributed by atoms with Gasteiger partial charge in [0.1, 0.15) is 0 Å². The van der Waals surface area contributed by atoms with E-state index in [1.807, 2.05) is 0 Å². The van der Waals surface area contributed by atoms with Crippen LogP contribution in [0, 0.1) is 5.41 Å². The van der Waals surface area contributed by atoms with Crippen molar-refractivity contribution < 1.29 is 0 Å². The molecule has 0 spiro atoms. The largest absolute Gasteiger partial charge is 0.313 e. The van der Waals surface area contributed by atoms with Crippen LogP contribution in [0.1, 0.15) is 59.3 Å². The molecule has 17 heavy (non-hydrogen) atoms. The maximum atomic E-state index is 3.69. The molecule has 1 N–H and O–H groups in total. The van der Waals surface area contributed by atoms with Gasteiger partial charge >= 0.3 is 0 Å². The highest BCUT2D eigenvalue weighted by Gasteiger charge is 2.38. The molecule has 0 aromatic heterocycles. The minimum Gasteiger partial charge on any atom is -0.313 e. The van der Waals surface area contributed by atoms with Gasteiger partial charge in [-0.15, -0.1) is 0 Å². The second-order valence-corrected chi connectivity index (χ2v) is 6.63. The van der Waals surface area contributed by atoms with Gasteiger partial charge in [0.25, 0.3) is 0 Å². The zero-order valence-corrected chi connectivity index (χ0v) is 12.0. The average molecular weight is 238 g/mol. The summed E-state index contributed by atoms with van der Waals surface area (Å²) in [5.74, 6) is 0. The number of nitrogens with one attached hydrogen (secondary N) is 1. The van der Waals surface area contributed by atoms with Crippen molar-refractivity contribution in [2.24, 2.45) is 5.41 Å². The van der Waals surface area contributed by atoms with E-state index in [1.54, 1.807) is 0 Å². The van der Waals surface area contributed by atoms with E-state index in [2.05, 4.69) is 31.0 Å². The Morgan fingerprint density at radius 1 is 1.18 bits per heavy atom. The van der Waals surface area contributed by atoms with E-state index in [0.29, 0.717) is 5.41 Å². The number of nitrogens with zero attached hydrogens (tertiary/aromatic N) is 1. The highest BCUT2D eigenvalue weighted by Crippen LogP contribution is 2.40. The number of hydrogen-bond acceptors (Lipinski definition) is 2. The summed E-state index contributed by atoms with van der Waals surface area (Å²) in [7, 11) is 0. The van der Waals surface area contributed by atoms with E-state index >= 15 is 0 Å². The summed E-state index contributed by atoms with van der Waals surface area (Å²) in [5, 5.41) is 3.69. The molecule has 1 aliphatic carbocycles. The Kier molecular flexibility index (Phi) is 4.48. The van der Waals surface area contributed by atoms with Gasteiger partial charge in [-0.05, 0) is 44.2 Å². The van der Waals surface area contributed by atoms with E-state index in [9.17, 15) is 0 Å². The van der Waals surface area contributed by atoms with Gasteiger partial charge in [-0.1, -0.05) is 33.6 Å². The second kappa shape index (κ2) is 5.71. The van der Waals surface area contributed by atoms with Crippen molar-refractivity contribution in [3.63, 3.8) is 0 Å². The Bertz CT molecular complexity index is 231. The summed E-state index contributed by atoms with van der Waals surface area (Å²) in [4.78, 5) is 2.75. The lowest BCUT2D eigenvalue weighted by Gasteiger charge is -2.39. The van der Waals surface area contributed by atoms with Crippen molar-refractivity contribution >= 4 is 0 Å². The van der Waals surface area contributed by atoms with Crippen LogP contribution >= 0.6 is 0 Å². The van der Waals surface area contributed by atoms with E-state index in [1.165, 1.54) is 58.2 Å². The molecule has 1 saturated carbocycles. The number of rotatable bonds is 4. The van der Waals surface area contributed by atoms with Crippen molar-refractivity contribution in [1.82, 2.24) is 10.2 Å². The maximum absolute atomic E-state index is 3.69. The van der Waals surface area contributed by atoms with Crippen LogP contribution in [0.5, 0.6) is 0 Å². The maximum Gasteiger partial charge on any atom is 0.0195 e. The molecule has 2 unspecified atom stereocenters. The summed E-state index contributed by atoms with van der Waals surface area (Å²) in [6.45, 7) is 11.0. The van der Waals surface area contributed by atoms with Crippen LogP contribution in [0.3, 0.4) is 0 Å². The van der Waals surface area contributed by atoms with Crippen molar-refractivity contribution in [3.8, 4) is 0 Å². The molecule has 1 saturated heterocycles. The first-order valence-corrected chi connectivity index (χ1v) is 7.61. The van der Waals surface area contributed by atoms with Crippen molar-refractivity contribution in [2.45, 2.75) is 71.4 Å². The average Bonchev–Trinajstić information content (AvgIpc) is 2.67. The van der Waals surface area contributed by atoms with Gasteiger partial charge in [0.2, 0.25) is 0 Å². The SMILES string of the molecule is CCN(CC1CCCCN1)C1CCCC1(C)C. The highest BCUT2D eigenvalue weighted by molar-refractivity contribution is 4.93. The van der Waals surface area contributed by atoms with Crippen LogP contribution in [0.2, 0.25) is 0 Å². The molecule has 0 bridgehead atoms. The van der Waals surface area contributed by atoms with Crippen LogP contribution in [0.4, 0.5) is 0 Å². The fourth-order valence-corrected chi connectivity index (χ4v) is 3.82. The molecule has 2 nitrogen and oxygen atoms in total. The van der Waals surface area contributed by atoms with E-state index in [0.717, 1.165) is 12.1 Å². The fourth-order valence-electron chi connectivity index (χ4n) is 3.82. The van der Waals surface area contributed by atoms with Crippen molar-refractivity contribution in [3.05, 3.63) is 0 Å². The molecule has 1 aliphatic heterocycles. The minimum absolute atomic E-state index is 0.532. The Labute approximate surface area is 107 Å². The first-order valence-electron chi connectivity index (χ1n) is 7.61. The molecule has 0 radical (unpaired) electrons. The molecule has 1 heterocycles. The van der Waals surface area contributed by atoms with E-state index in [4.69, 9.17) is 0 Å². The third-order valence-electron chi connectivity index (χ3n) is 4.91. The Hall–Kier alpha value is -0.0800. The predicted molar refractivity (Wildman–Crippen MR) is 74.3 cm³/mol. The van der Waals surface area contributed by atoms with E-state index in [-0.39, 0.29) is 0 Å². The summed E-state index contributed by atoms with van der Waals surface area (Å²) < 4.78 is 0. The molecule has 2 aliphatic rings. The molecule has 2 fully saturated rings. The molecule has 100 valence electrons. The smallest absolute Gasteiger partial charge is 0.0195 e. The van der Waals surface area contributed by atoms with Crippen LogP contribution in [-0.2, 0) is 0 Å². The Morgan fingerprint density at radius 2 is 2.00 bits per heavy atom. The zero-order chi connectivity index (χ0) is 12.3. The summed E-state index contributed by atoms with van der Waals surface area (Å²) in [6, 6.07) is 1.57. The predicted octanol–water partition coefficient (Wildman–Crippen LogP) is 3.03. The highest BCUT2D eigenvalue weighted by atomic mass is 15.2. The van der Waals surface area contributed by atoms with Gasteiger partial charge < -0.3 is 5.32 Å². The van der Waals surface area contributed by atoms with Crippen molar-refractivity contribution in [1.29, 1.82) is 0 Å².